The summed E-state index contributed by atoms with van der Waals surface area (Å²) in [5, 5.41) is 0. The summed E-state index contributed by atoms with van der Waals surface area (Å²) in [6, 6.07) is 0. The van der Waals surface area contributed by atoms with Gasteiger partial charge in [0.1, 0.15) is 6.10 Å². The van der Waals surface area contributed by atoms with Crippen LogP contribution in [0.4, 0.5) is 8.78 Å². The third kappa shape index (κ3) is 9.52. The van der Waals surface area contributed by atoms with Crippen molar-refractivity contribution in [2.45, 2.75) is 109 Å². The lowest BCUT2D eigenvalue weighted by Gasteiger charge is -2.25. The molecule has 0 heterocycles. The molecule has 0 aromatic carbocycles. The number of methoxy groups -OCH3 is 1. The summed E-state index contributed by atoms with van der Waals surface area (Å²) >= 11 is 0. The molecule has 0 N–H and O–H groups in total. The molecule has 1 rings (SSSR count). The molecule has 1 aliphatic carbocycles. The minimum absolute atomic E-state index is 0.103. The summed E-state index contributed by atoms with van der Waals surface area (Å²) in [5.41, 5.74) is 0. The normalized spacial score (nSPS) is 21.4. The molecule has 0 aromatic rings. The number of ketones is 1. The van der Waals surface area contributed by atoms with Gasteiger partial charge in [0.15, 0.2) is 0 Å². The fraction of sp³-hybridized carbons (Fsp3) is 0.870. The Balaban J connectivity index is 2.52. The molecule has 3 atom stereocenters. The van der Waals surface area contributed by atoms with Crippen molar-refractivity contribution in [2.24, 2.45) is 11.8 Å². The lowest BCUT2D eigenvalue weighted by Crippen LogP contribution is -2.30. The van der Waals surface area contributed by atoms with E-state index in [0.717, 1.165) is 44.9 Å². The van der Waals surface area contributed by atoms with Gasteiger partial charge >= 0.3 is 17.9 Å². The van der Waals surface area contributed by atoms with Gasteiger partial charge in [-0.25, -0.2) is 0 Å². The number of alkyl halides is 2. The third-order valence-corrected chi connectivity index (χ3v) is 6.11. The van der Waals surface area contributed by atoms with Crippen molar-refractivity contribution >= 4 is 17.7 Å². The average Bonchev–Trinajstić information content (AvgIpc) is 3.07. The maximum atomic E-state index is 14.0. The minimum Gasteiger partial charge on any atom is -0.469 e. The van der Waals surface area contributed by atoms with Crippen molar-refractivity contribution < 1.29 is 32.6 Å². The predicted octanol–water partition coefficient (Wildman–Crippen LogP) is 5.63. The van der Waals surface area contributed by atoms with Gasteiger partial charge in [0.2, 0.25) is 5.78 Å². The first-order chi connectivity index (χ1) is 14.2. The summed E-state index contributed by atoms with van der Waals surface area (Å²) < 4.78 is 38.1. The molecule has 7 heteroatoms. The van der Waals surface area contributed by atoms with E-state index < -0.39 is 11.7 Å². The van der Waals surface area contributed by atoms with Crippen LogP contribution in [0, 0.1) is 11.8 Å². The number of Topliss-reactive ketones (excluding diaryl/α,β-unsaturated/α-hetero) is 1. The highest BCUT2D eigenvalue weighted by Gasteiger charge is 2.41. The first kappa shape index (κ1) is 26.5. The highest BCUT2D eigenvalue weighted by Crippen LogP contribution is 2.41. The third-order valence-electron chi connectivity index (χ3n) is 6.11. The van der Waals surface area contributed by atoms with Crippen LogP contribution in [0.2, 0.25) is 0 Å². The van der Waals surface area contributed by atoms with Gasteiger partial charge in [0, 0.05) is 26.2 Å². The zero-order chi connectivity index (χ0) is 22.6. The van der Waals surface area contributed by atoms with E-state index in [1.54, 1.807) is 0 Å². The summed E-state index contributed by atoms with van der Waals surface area (Å²) in [5.74, 6) is -4.51. The van der Waals surface area contributed by atoms with Crippen LogP contribution in [0.3, 0.4) is 0 Å². The highest BCUT2D eigenvalue weighted by molar-refractivity contribution is 5.85. The zero-order valence-corrected chi connectivity index (χ0v) is 18.7. The average molecular weight is 433 g/mol. The van der Waals surface area contributed by atoms with E-state index in [-0.39, 0.29) is 42.7 Å². The van der Waals surface area contributed by atoms with E-state index in [2.05, 4.69) is 4.74 Å². The highest BCUT2D eigenvalue weighted by atomic mass is 19.3. The molecule has 1 saturated carbocycles. The SMILES string of the molecule is CCCCC(F)(F)C(=O)CC[C@H]1CC[C@H](OC(C)=O)C1CCCCCCC(=O)OC. The number of esters is 2. The van der Waals surface area contributed by atoms with E-state index >= 15 is 0 Å². The van der Waals surface area contributed by atoms with Gasteiger partial charge < -0.3 is 9.47 Å². The number of carbonyl (C=O) groups is 3. The molecule has 0 radical (unpaired) electrons. The van der Waals surface area contributed by atoms with Gasteiger partial charge in [-0.1, -0.05) is 32.6 Å². The number of hydrogen-bond acceptors (Lipinski definition) is 5. The lowest BCUT2D eigenvalue weighted by atomic mass is 9.85. The van der Waals surface area contributed by atoms with Gasteiger partial charge in [-0.2, -0.15) is 8.78 Å². The molecule has 1 unspecified atom stereocenters. The molecule has 0 spiro atoms. The number of hydrogen-bond donors (Lipinski definition) is 0. The van der Waals surface area contributed by atoms with Crippen LogP contribution in [0.15, 0.2) is 0 Å². The molecule has 5 nitrogen and oxygen atoms in total. The summed E-state index contributed by atoms with van der Waals surface area (Å²) in [6.07, 6.45) is 7.01. The maximum Gasteiger partial charge on any atom is 0.305 e. The number of rotatable bonds is 15. The summed E-state index contributed by atoms with van der Waals surface area (Å²) in [6.45, 7) is 3.21. The molecule has 1 aliphatic rings. The van der Waals surface area contributed by atoms with Crippen LogP contribution in [0.25, 0.3) is 0 Å². The number of ether oxygens (including phenoxy) is 2. The van der Waals surface area contributed by atoms with Crippen LogP contribution < -0.4 is 0 Å². The maximum absolute atomic E-state index is 14.0. The fourth-order valence-electron chi connectivity index (χ4n) is 4.39. The first-order valence-electron chi connectivity index (χ1n) is 11.4. The smallest absolute Gasteiger partial charge is 0.305 e. The summed E-state index contributed by atoms with van der Waals surface area (Å²) in [4.78, 5) is 34.6. The molecule has 174 valence electrons. The Kier molecular flexibility index (Phi) is 12.1. The monoisotopic (exact) mass is 432 g/mol. The molecular formula is C23H38F2O5. The Morgan fingerprint density at radius 1 is 0.967 bits per heavy atom. The molecule has 0 saturated heterocycles. The van der Waals surface area contributed by atoms with Gasteiger partial charge in [-0.05, 0) is 50.4 Å². The Hall–Kier alpha value is -1.53. The Morgan fingerprint density at radius 2 is 1.67 bits per heavy atom. The van der Waals surface area contributed by atoms with Gasteiger partial charge in [0.05, 0.1) is 7.11 Å². The predicted molar refractivity (Wildman–Crippen MR) is 110 cm³/mol. The standard InChI is InChI=1S/C23H38F2O5/c1-4-5-16-23(24,25)21(27)15-13-18-12-14-20(30-17(2)26)19(18)10-8-6-7-9-11-22(28)29-3/h18-20H,4-16H2,1-3H3/t18-,19?,20+/m1/s1. The molecular weight excluding hydrogens is 394 g/mol. The van der Waals surface area contributed by atoms with Crippen molar-refractivity contribution in [3.05, 3.63) is 0 Å². The Morgan fingerprint density at radius 3 is 2.30 bits per heavy atom. The second-order valence-electron chi connectivity index (χ2n) is 8.45. The number of carbonyl (C=O) groups excluding carboxylic acids is 3. The van der Waals surface area contributed by atoms with E-state index in [1.807, 2.05) is 6.92 Å². The minimum atomic E-state index is -3.24. The number of halogens is 2. The van der Waals surface area contributed by atoms with Crippen molar-refractivity contribution in [1.82, 2.24) is 0 Å². The molecule has 0 amide bonds. The van der Waals surface area contributed by atoms with Crippen LogP contribution in [0.1, 0.15) is 97.3 Å². The van der Waals surface area contributed by atoms with Crippen LogP contribution in [-0.2, 0) is 23.9 Å². The number of unbranched alkanes of at least 4 members (excludes halogenated alkanes) is 4. The van der Waals surface area contributed by atoms with Crippen molar-refractivity contribution in [1.29, 1.82) is 0 Å². The van der Waals surface area contributed by atoms with Gasteiger partial charge in [-0.15, -0.1) is 0 Å². The van der Waals surface area contributed by atoms with E-state index in [9.17, 15) is 23.2 Å². The zero-order valence-electron chi connectivity index (χ0n) is 18.7. The van der Waals surface area contributed by atoms with E-state index in [0.29, 0.717) is 25.7 Å². The Labute approximate surface area is 179 Å². The van der Waals surface area contributed by atoms with Crippen LogP contribution >= 0.6 is 0 Å². The Bertz CT molecular complexity index is 550. The van der Waals surface area contributed by atoms with Crippen LogP contribution in [-0.4, -0.2) is 36.9 Å². The van der Waals surface area contributed by atoms with Gasteiger partial charge in [-0.3, -0.25) is 14.4 Å². The lowest BCUT2D eigenvalue weighted by molar-refractivity contribution is -0.149. The molecule has 0 aromatic heterocycles. The molecule has 0 aliphatic heterocycles. The largest absolute Gasteiger partial charge is 0.469 e. The van der Waals surface area contributed by atoms with E-state index in [4.69, 9.17) is 4.74 Å². The molecule has 1 fully saturated rings. The van der Waals surface area contributed by atoms with Crippen molar-refractivity contribution in [3.8, 4) is 0 Å². The van der Waals surface area contributed by atoms with Crippen molar-refractivity contribution in [2.75, 3.05) is 7.11 Å². The van der Waals surface area contributed by atoms with Crippen LogP contribution in [0.5, 0.6) is 0 Å². The molecule has 30 heavy (non-hydrogen) atoms. The topological polar surface area (TPSA) is 69.7 Å². The second-order valence-corrected chi connectivity index (χ2v) is 8.45. The quantitative estimate of drug-likeness (QED) is 0.248. The summed E-state index contributed by atoms with van der Waals surface area (Å²) in [7, 11) is 1.38. The molecule has 0 bridgehead atoms. The first-order valence-corrected chi connectivity index (χ1v) is 11.4. The van der Waals surface area contributed by atoms with Gasteiger partial charge in [0.25, 0.3) is 0 Å². The van der Waals surface area contributed by atoms with Crippen molar-refractivity contribution in [3.63, 3.8) is 0 Å². The second kappa shape index (κ2) is 13.7. The fourth-order valence-corrected chi connectivity index (χ4v) is 4.39. The van der Waals surface area contributed by atoms with E-state index in [1.165, 1.54) is 14.0 Å².